The fraction of sp³-hybridized carbons (Fsp3) is 0.462. The maximum Gasteiger partial charge on any atom is 0.148 e. The van der Waals surface area contributed by atoms with E-state index in [0.29, 0.717) is 11.5 Å². The lowest BCUT2D eigenvalue weighted by molar-refractivity contribution is -0.123. The molecule has 0 spiro atoms. The van der Waals surface area contributed by atoms with Crippen LogP contribution in [0.2, 0.25) is 0 Å². The highest BCUT2D eigenvalue weighted by molar-refractivity contribution is 9.10. The number of carbonyl (C=O) groups is 1. The first-order valence-corrected chi connectivity index (χ1v) is 7.20. The minimum atomic E-state index is -0.221. The van der Waals surface area contributed by atoms with Crippen LogP contribution in [-0.4, -0.2) is 11.5 Å². The van der Waals surface area contributed by atoms with Crippen LogP contribution < -0.4 is 0 Å². The second kappa shape index (κ2) is 5.87. The molecule has 16 heavy (non-hydrogen) atoms. The quantitative estimate of drug-likeness (QED) is 0.825. The molecule has 0 aliphatic rings. The number of thioether (sulfide) groups is 1. The van der Waals surface area contributed by atoms with E-state index < -0.39 is 0 Å². The molecule has 0 atom stereocenters. The van der Waals surface area contributed by atoms with Gasteiger partial charge < -0.3 is 0 Å². The summed E-state index contributed by atoms with van der Waals surface area (Å²) in [6.45, 7) is 5.90. The predicted molar refractivity (Wildman–Crippen MR) is 74.8 cm³/mol. The summed E-state index contributed by atoms with van der Waals surface area (Å²) >= 11 is 5.18. The van der Waals surface area contributed by atoms with Crippen LogP contribution >= 0.6 is 27.7 Å². The molecule has 1 aromatic carbocycles. The van der Waals surface area contributed by atoms with Gasteiger partial charge in [-0.2, -0.15) is 0 Å². The molecule has 0 bridgehead atoms. The minimum absolute atomic E-state index is 0.221. The number of Topliss-reactive ketones (excluding diaryl/α,β-unsaturated/α-hetero) is 1. The Morgan fingerprint density at radius 2 is 1.94 bits per heavy atom. The first-order chi connectivity index (χ1) is 7.41. The molecule has 0 saturated carbocycles. The van der Waals surface area contributed by atoms with Crippen LogP contribution in [0.1, 0.15) is 26.3 Å². The Morgan fingerprint density at radius 3 is 2.50 bits per heavy atom. The average Bonchev–Trinajstić information content (AvgIpc) is 2.19. The monoisotopic (exact) mass is 300 g/mol. The van der Waals surface area contributed by atoms with Gasteiger partial charge in [-0.25, -0.2) is 0 Å². The summed E-state index contributed by atoms with van der Waals surface area (Å²) in [6, 6.07) is 8.13. The van der Waals surface area contributed by atoms with E-state index in [1.165, 1.54) is 5.56 Å². The summed E-state index contributed by atoms with van der Waals surface area (Å²) in [5.41, 5.74) is 1.02. The number of hydrogen-bond donors (Lipinski definition) is 0. The topological polar surface area (TPSA) is 17.1 Å². The Hall–Kier alpha value is -0.280. The Kier molecular flexibility index (Phi) is 5.06. The molecule has 0 aliphatic carbocycles. The Morgan fingerprint density at radius 1 is 1.31 bits per heavy atom. The number of hydrogen-bond acceptors (Lipinski definition) is 2. The molecular weight excluding hydrogens is 284 g/mol. The van der Waals surface area contributed by atoms with E-state index >= 15 is 0 Å². The summed E-state index contributed by atoms with van der Waals surface area (Å²) in [4.78, 5) is 11.7. The van der Waals surface area contributed by atoms with Crippen molar-refractivity contribution in [2.45, 2.75) is 26.5 Å². The maximum absolute atomic E-state index is 11.7. The molecule has 88 valence electrons. The largest absolute Gasteiger partial charge is 0.298 e. The van der Waals surface area contributed by atoms with Crippen molar-refractivity contribution in [3.63, 3.8) is 0 Å². The van der Waals surface area contributed by atoms with Crippen molar-refractivity contribution in [2.24, 2.45) is 5.41 Å². The van der Waals surface area contributed by atoms with E-state index in [1.54, 1.807) is 11.8 Å². The van der Waals surface area contributed by atoms with Gasteiger partial charge in [0, 0.05) is 15.6 Å². The Bertz CT molecular complexity index is 368. The number of halogens is 1. The van der Waals surface area contributed by atoms with Crippen LogP contribution in [0.5, 0.6) is 0 Å². The molecule has 0 fully saturated rings. The van der Waals surface area contributed by atoms with Gasteiger partial charge in [-0.3, -0.25) is 4.79 Å². The van der Waals surface area contributed by atoms with Crippen molar-refractivity contribution in [1.82, 2.24) is 0 Å². The van der Waals surface area contributed by atoms with E-state index in [4.69, 9.17) is 0 Å². The van der Waals surface area contributed by atoms with Crippen molar-refractivity contribution in [3.05, 3.63) is 34.3 Å². The molecule has 0 aliphatic heterocycles. The molecular formula is C13H17BrOS. The standard InChI is InChI=1S/C13H17BrOS/c1-13(2,3)12(15)9-16-8-10-6-4-5-7-11(10)14/h4-7H,8-9H2,1-3H3. The molecule has 3 heteroatoms. The smallest absolute Gasteiger partial charge is 0.148 e. The zero-order valence-corrected chi connectivity index (χ0v) is 12.3. The molecule has 1 rings (SSSR count). The molecule has 0 radical (unpaired) electrons. The molecule has 0 heterocycles. The predicted octanol–water partition coefficient (Wildman–Crippen LogP) is 4.30. The highest BCUT2D eigenvalue weighted by Crippen LogP contribution is 2.23. The van der Waals surface area contributed by atoms with Crippen LogP contribution in [0.25, 0.3) is 0 Å². The van der Waals surface area contributed by atoms with Crippen LogP contribution in [0.3, 0.4) is 0 Å². The molecule has 0 aromatic heterocycles. The van der Waals surface area contributed by atoms with Crippen LogP contribution in [0.15, 0.2) is 28.7 Å². The molecule has 1 nitrogen and oxygen atoms in total. The van der Waals surface area contributed by atoms with Crippen LogP contribution in [0, 0.1) is 5.41 Å². The normalized spacial score (nSPS) is 11.5. The highest BCUT2D eigenvalue weighted by Gasteiger charge is 2.20. The van der Waals surface area contributed by atoms with Gasteiger partial charge in [-0.15, -0.1) is 11.8 Å². The van der Waals surface area contributed by atoms with Gasteiger partial charge in [-0.1, -0.05) is 54.9 Å². The summed E-state index contributed by atoms with van der Waals surface area (Å²) in [6.07, 6.45) is 0. The summed E-state index contributed by atoms with van der Waals surface area (Å²) < 4.78 is 1.12. The van der Waals surface area contributed by atoms with Gasteiger partial charge in [0.05, 0.1) is 5.75 Å². The van der Waals surface area contributed by atoms with Gasteiger partial charge in [0.1, 0.15) is 5.78 Å². The third-order valence-electron chi connectivity index (χ3n) is 2.29. The number of ketones is 1. The maximum atomic E-state index is 11.7. The number of benzene rings is 1. The second-order valence-corrected chi connectivity index (χ2v) is 6.60. The van der Waals surface area contributed by atoms with Crippen molar-refractivity contribution in [2.75, 3.05) is 5.75 Å². The van der Waals surface area contributed by atoms with Crippen LogP contribution in [-0.2, 0) is 10.5 Å². The average molecular weight is 301 g/mol. The number of carbonyl (C=O) groups excluding carboxylic acids is 1. The molecule has 0 unspecified atom stereocenters. The SMILES string of the molecule is CC(C)(C)C(=O)CSCc1ccccc1Br. The lowest BCUT2D eigenvalue weighted by Gasteiger charge is -2.16. The summed E-state index contributed by atoms with van der Waals surface area (Å²) in [5.74, 6) is 1.78. The summed E-state index contributed by atoms with van der Waals surface area (Å²) in [7, 11) is 0. The van der Waals surface area contributed by atoms with Crippen molar-refractivity contribution >= 4 is 33.5 Å². The fourth-order valence-corrected chi connectivity index (χ4v) is 2.89. The Labute approximate surface area is 110 Å². The zero-order valence-electron chi connectivity index (χ0n) is 9.92. The van der Waals surface area contributed by atoms with Crippen molar-refractivity contribution in [1.29, 1.82) is 0 Å². The van der Waals surface area contributed by atoms with Crippen LogP contribution in [0.4, 0.5) is 0 Å². The van der Waals surface area contributed by atoms with Gasteiger partial charge in [-0.05, 0) is 11.6 Å². The van der Waals surface area contributed by atoms with Crippen molar-refractivity contribution in [3.8, 4) is 0 Å². The van der Waals surface area contributed by atoms with Gasteiger partial charge in [0.2, 0.25) is 0 Å². The second-order valence-electron chi connectivity index (χ2n) is 4.76. The number of rotatable bonds is 4. The first-order valence-electron chi connectivity index (χ1n) is 5.25. The van der Waals surface area contributed by atoms with E-state index in [0.717, 1.165) is 10.2 Å². The Balaban J connectivity index is 2.43. The van der Waals surface area contributed by atoms with E-state index in [9.17, 15) is 4.79 Å². The van der Waals surface area contributed by atoms with Gasteiger partial charge in [0.25, 0.3) is 0 Å². The van der Waals surface area contributed by atoms with E-state index in [1.807, 2.05) is 39.0 Å². The molecule has 0 saturated heterocycles. The van der Waals surface area contributed by atoms with E-state index in [2.05, 4.69) is 22.0 Å². The third-order valence-corrected chi connectivity index (χ3v) is 4.04. The van der Waals surface area contributed by atoms with Crippen molar-refractivity contribution < 1.29 is 4.79 Å². The fourth-order valence-electron chi connectivity index (χ4n) is 1.09. The minimum Gasteiger partial charge on any atom is -0.298 e. The zero-order chi connectivity index (χ0) is 12.2. The van der Waals surface area contributed by atoms with E-state index in [-0.39, 0.29) is 5.41 Å². The van der Waals surface area contributed by atoms with Gasteiger partial charge >= 0.3 is 0 Å². The highest BCUT2D eigenvalue weighted by atomic mass is 79.9. The third kappa shape index (κ3) is 4.30. The summed E-state index contributed by atoms with van der Waals surface area (Å²) in [5, 5.41) is 0. The molecule has 0 N–H and O–H groups in total. The molecule has 0 amide bonds. The lowest BCUT2D eigenvalue weighted by Crippen LogP contribution is -2.22. The van der Waals surface area contributed by atoms with Gasteiger partial charge in [0.15, 0.2) is 0 Å². The molecule has 1 aromatic rings. The first kappa shape index (κ1) is 13.8. The lowest BCUT2D eigenvalue weighted by atomic mass is 9.92.